The smallest absolute Gasteiger partial charge is 0.297 e. The summed E-state index contributed by atoms with van der Waals surface area (Å²) in [6, 6.07) is 0.233. The Labute approximate surface area is 79.1 Å². The first kappa shape index (κ1) is 9.96. The summed E-state index contributed by atoms with van der Waals surface area (Å²) in [5.41, 5.74) is 0. The van der Waals surface area contributed by atoms with Crippen LogP contribution in [-0.4, -0.2) is 27.8 Å². The molecule has 72 valence electrons. The molecule has 13 heavy (non-hydrogen) atoms. The normalized spacial score (nSPS) is 23.0. The van der Waals surface area contributed by atoms with Gasteiger partial charge in [0.15, 0.2) is 6.04 Å². The Morgan fingerprint density at radius 3 is 3.00 bits per heavy atom. The first-order valence-corrected chi connectivity index (χ1v) is 4.71. The van der Waals surface area contributed by atoms with Crippen LogP contribution in [0.5, 0.6) is 0 Å². The summed E-state index contributed by atoms with van der Waals surface area (Å²) in [4.78, 5) is 4.44. The maximum Gasteiger partial charge on any atom is 0.297 e. The van der Waals surface area contributed by atoms with Gasteiger partial charge in [-0.25, -0.2) is 4.58 Å². The third-order valence-corrected chi connectivity index (χ3v) is 1.83. The van der Waals surface area contributed by atoms with E-state index in [0.717, 1.165) is 18.7 Å². The molecule has 1 N–H and O–H groups in total. The van der Waals surface area contributed by atoms with Crippen LogP contribution >= 0.6 is 0 Å². The number of rotatable bonds is 3. The fourth-order valence-electron chi connectivity index (χ4n) is 1.39. The molecule has 1 unspecified atom stereocenters. The van der Waals surface area contributed by atoms with Gasteiger partial charge in [-0.15, -0.1) is 0 Å². The Balaban J connectivity index is 2.79. The highest BCUT2D eigenvalue weighted by molar-refractivity contribution is 5.85. The third-order valence-electron chi connectivity index (χ3n) is 1.83. The van der Waals surface area contributed by atoms with Gasteiger partial charge >= 0.3 is 0 Å². The zero-order chi connectivity index (χ0) is 9.84. The summed E-state index contributed by atoms with van der Waals surface area (Å²) in [6.07, 6.45) is 5.75. The van der Waals surface area contributed by atoms with E-state index >= 15 is 0 Å². The number of nitrogens with zero attached hydrogens (tertiary/aromatic N) is 2. The number of hydrogen-bond acceptors (Lipinski definition) is 2. The summed E-state index contributed by atoms with van der Waals surface area (Å²) in [7, 11) is 0. The predicted octanol–water partition coefficient (Wildman–Crippen LogP) is 2.09. The summed E-state index contributed by atoms with van der Waals surface area (Å²) < 4.78 is 1.92. The minimum absolute atomic E-state index is 0.233. The summed E-state index contributed by atoms with van der Waals surface area (Å²) in [5, 5.41) is 9.13. The lowest BCUT2D eigenvalue weighted by Crippen LogP contribution is -2.12. The molecule has 1 atom stereocenters. The fraction of sp³-hybridized carbons (Fsp3) is 0.600. The van der Waals surface area contributed by atoms with Gasteiger partial charge in [0.2, 0.25) is 0 Å². The number of allylic oxidation sites excluding steroid dienone is 1. The van der Waals surface area contributed by atoms with Gasteiger partial charge in [0.25, 0.3) is 5.84 Å². The van der Waals surface area contributed by atoms with Crippen LogP contribution in [0.3, 0.4) is 0 Å². The first-order chi connectivity index (χ1) is 6.13. The minimum Gasteiger partial charge on any atom is -0.509 e. The van der Waals surface area contributed by atoms with E-state index in [1.165, 1.54) is 0 Å². The van der Waals surface area contributed by atoms with E-state index in [0.29, 0.717) is 5.76 Å². The molecular weight excluding hydrogens is 164 g/mol. The van der Waals surface area contributed by atoms with Crippen LogP contribution in [0.25, 0.3) is 0 Å². The molecule has 1 heterocycles. The van der Waals surface area contributed by atoms with E-state index < -0.39 is 0 Å². The topological polar surface area (TPSA) is 35.6 Å². The van der Waals surface area contributed by atoms with E-state index in [2.05, 4.69) is 11.9 Å². The Bertz CT molecular complexity index is 273. The van der Waals surface area contributed by atoms with Crippen molar-refractivity contribution in [3.63, 3.8) is 0 Å². The predicted molar refractivity (Wildman–Crippen MR) is 54.5 cm³/mol. The SMILES string of the molecule is CCCC1=NC(C)C=[N+]1/C=C(\C)O. The zero-order valence-corrected chi connectivity index (χ0v) is 8.49. The van der Waals surface area contributed by atoms with Crippen LogP contribution in [0.15, 0.2) is 17.0 Å². The second-order valence-electron chi connectivity index (χ2n) is 3.36. The standard InChI is InChI=1S/C10H16N2O/c1-4-5-10-11-8(2)6-12(10)7-9(3)13/h6-8H,4-5H2,1-3H3/p+1/b9-7+. The van der Waals surface area contributed by atoms with Gasteiger partial charge in [0, 0.05) is 0 Å². The van der Waals surface area contributed by atoms with Crippen molar-refractivity contribution in [1.82, 2.24) is 0 Å². The number of aliphatic hydroxyl groups is 1. The molecule has 0 saturated carbocycles. The molecule has 0 aromatic rings. The number of hydrogen-bond donors (Lipinski definition) is 1. The molecule has 1 aliphatic rings. The molecule has 0 saturated heterocycles. The Morgan fingerprint density at radius 1 is 1.77 bits per heavy atom. The van der Waals surface area contributed by atoms with E-state index in [9.17, 15) is 0 Å². The molecule has 0 bridgehead atoms. The van der Waals surface area contributed by atoms with Gasteiger partial charge in [0.1, 0.15) is 18.2 Å². The Kier molecular flexibility index (Phi) is 3.23. The lowest BCUT2D eigenvalue weighted by atomic mass is 10.3. The summed E-state index contributed by atoms with van der Waals surface area (Å²) in [5.74, 6) is 1.36. The van der Waals surface area contributed by atoms with Gasteiger partial charge in [-0.05, 0) is 20.3 Å². The molecule has 1 aliphatic heterocycles. The van der Waals surface area contributed by atoms with E-state index in [1.54, 1.807) is 13.1 Å². The molecule has 0 aliphatic carbocycles. The van der Waals surface area contributed by atoms with Crippen LogP contribution in [0.2, 0.25) is 0 Å². The average molecular weight is 181 g/mol. The van der Waals surface area contributed by atoms with Gasteiger partial charge in [-0.2, -0.15) is 0 Å². The summed E-state index contributed by atoms with van der Waals surface area (Å²) >= 11 is 0. The van der Waals surface area contributed by atoms with Crippen molar-refractivity contribution >= 4 is 12.1 Å². The number of aliphatic hydroxyl groups excluding tert-OH is 1. The van der Waals surface area contributed by atoms with Gasteiger partial charge < -0.3 is 5.11 Å². The maximum atomic E-state index is 9.13. The second kappa shape index (κ2) is 4.21. The molecule has 1 rings (SSSR count). The average Bonchev–Trinajstić information content (AvgIpc) is 2.31. The van der Waals surface area contributed by atoms with Crippen molar-refractivity contribution in [1.29, 1.82) is 0 Å². The largest absolute Gasteiger partial charge is 0.509 e. The molecule has 0 aromatic heterocycles. The summed E-state index contributed by atoms with van der Waals surface area (Å²) in [6.45, 7) is 5.83. The van der Waals surface area contributed by atoms with Crippen molar-refractivity contribution in [3.05, 3.63) is 12.0 Å². The minimum atomic E-state index is 0.233. The molecule has 0 amide bonds. The molecule has 3 nitrogen and oxygen atoms in total. The van der Waals surface area contributed by atoms with Crippen LogP contribution in [0.4, 0.5) is 0 Å². The van der Waals surface area contributed by atoms with Crippen molar-refractivity contribution < 1.29 is 9.68 Å². The first-order valence-electron chi connectivity index (χ1n) is 4.71. The highest BCUT2D eigenvalue weighted by atomic mass is 16.3. The van der Waals surface area contributed by atoms with Gasteiger partial charge in [0.05, 0.1) is 6.42 Å². The van der Waals surface area contributed by atoms with Crippen LogP contribution in [-0.2, 0) is 0 Å². The van der Waals surface area contributed by atoms with Crippen LogP contribution in [0.1, 0.15) is 33.6 Å². The Hall–Kier alpha value is -1.12. The lowest BCUT2D eigenvalue weighted by Gasteiger charge is -1.95. The highest BCUT2D eigenvalue weighted by Crippen LogP contribution is 2.05. The molecule has 0 radical (unpaired) electrons. The molecular formula is C10H17N2O+. The molecule has 0 spiro atoms. The second-order valence-corrected chi connectivity index (χ2v) is 3.36. The van der Waals surface area contributed by atoms with Crippen molar-refractivity contribution in [3.8, 4) is 0 Å². The lowest BCUT2D eigenvalue weighted by molar-refractivity contribution is -0.322. The quantitative estimate of drug-likeness (QED) is 0.525. The maximum absolute atomic E-state index is 9.13. The fourth-order valence-corrected chi connectivity index (χ4v) is 1.39. The van der Waals surface area contributed by atoms with Gasteiger partial charge in [-0.1, -0.05) is 11.9 Å². The van der Waals surface area contributed by atoms with Crippen LogP contribution < -0.4 is 0 Å². The van der Waals surface area contributed by atoms with Crippen molar-refractivity contribution in [2.45, 2.75) is 39.7 Å². The number of amidine groups is 1. The van der Waals surface area contributed by atoms with E-state index in [4.69, 9.17) is 5.11 Å². The van der Waals surface area contributed by atoms with E-state index in [1.807, 2.05) is 17.7 Å². The van der Waals surface area contributed by atoms with Gasteiger partial charge in [-0.3, -0.25) is 0 Å². The van der Waals surface area contributed by atoms with Crippen molar-refractivity contribution in [2.24, 2.45) is 4.99 Å². The third kappa shape index (κ3) is 2.68. The highest BCUT2D eigenvalue weighted by Gasteiger charge is 2.22. The number of aliphatic imine (C=N–C) groups is 1. The molecule has 0 fully saturated rings. The van der Waals surface area contributed by atoms with Crippen molar-refractivity contribution in [2.75, 3.05) is 0 Å². The monoisotopic (exact) mass is 181 g/mol. The molecule has 0 aromatic carbocycles. The molecule has 3 heteroatoms. The van der Waals surface area contributed by atoms with E-state index in [-0.39, 0.29) is 6.04 Å². The zero-order valence-electron chi connectivity index (χ0n) is 8.49. The van der Waals surface area contributed by atoms with Crippen LogP contribution in [0, 0.1) is 0 Å². The Morgan fingerprint density at radius 2 is 2.46 bits per heavy atom.